The minimum Gasteiger partial charge on any atom is -0.383 e. The molecule has 11 heteroatoms. The number of nitrogen functional groups attached to an aromatic ring is 1. The van der Waals surface area contributed by atoms with E-state index in [0.29, 0.717) is 33.6 Å². The Kier molecular flexibility index (Phi) is 5.99. The zero-order valence-electron chi connectivity index (χ0n) is 22.7. The third-order valence-electron chi connectivity index (χ3n) is 6.77. The number of aryl methyl sites for hydroxylation is 1. The zero-order valence-corrected chi connectivity index (χ0v) is 23.5. The highest BCUT2D eigenvalue weighted by atomic mass is 32.1. The van der Waals surface area contributed by atoms with Crippen molar-refractivity contribution in [1.29, 1.82) is 0 Å². The zero-order chi connectivity index (χ0) is 28.3. The second kappa shape index (κ2) is 9.30. The second-order valence-corrected chi connectivity index (χ2v) is 11.9. The number of benzene rings is 1. The molecule has 0 aliphatic rings. The summed E-state index contributed by atoms with van der Waals surface area (Å²) in [6.45, 7) is 10.1. The van der Waals surface area contributed by atoms with Gasteiger partial charge in [0.1, 0.15) is 29.3 Å². The Morgan fingerprint density at radius 2 is 1.90 bits per heavy atom. The number of rotatable bonds is 4. The van der Waals surface area contributed by atoms with Gasteiger partial charge in [0, 0.05) is 17.8 Å². The lowest BCUT2D eigenvalue weighted by Crippen LogP contribution is -2.23. The van der Waals surface area contributed by atoms with Gasteiger partial charge in [-0.05, 0) is 43.2 Å². The fraction of sp³-hybridized carbons (Fsp3) is 0.241. The highest BCUT2D eigenvalue weighted by Gasteiger charge is 2.28. The predicted molar refractivity (Wildman–Crippen MR) is 155 cm³/mol. The van der Waals surface area contributed by atoms with E-state index in [9.17, 15) is 9.18 Å². The maximum Gasteiger partial charge on any atom is 0.266 e. The Balaban J connectivity index is 1.62. The molecule has 6 rings (SSSR count). The molecule has 0 saturated carbocycles. The van der Waals surface area contributed by atoms with Crippen molar-refractivity contribution < 1.29 is 4.39 Å². The van der Waals surface area contributed by atoms with Gasteiger partial charge in [0.15, 0.2) is 5.65 Å². The summed E-state index contributed by atoms with van der Waals surface area (Å²) >= 11 is 1.54. The lowest BCUT2D eigenvalue weighted by atomic mass is 9.98. The predicted octanol–water partition coefficient (Wildman–Crippen LogP) is 5.56. The van der Waals surface area contributed by atoms with E-state index in [1.807, 2.05) is 19.9 Å². The van der Waals surface area contributed by atoms with Crippen molar-refractivity contribution in [2.75, 3.05) is 5.73 Å². The summed E-state index contributed by atoms with van der Waals surface area (Å²) in [5, 5.41) is 6.51. The summed E-state index contributed by atoms with van der Waals surface area (Å²) in [6, 6.07) is 9.09. The van der Waals surface area contributed by atoms with Crippen LogP contribution in [0.1, 0.15) is 50.0 Å². The molecule has 40 heavy (non-hydrogen) atoms. The quantitative estimate of drug-likeness (QED) is 0.303. The maximum absolute atomic E-state index is 14.4. The first-order valence-electron chi connectivity index (χ1n) is 12.8. The number of aromatic nitrogens is 7. The van der Waals surface area contributed by atoms with Crippen molar-refractivity contribution in [3.63, 3.8) is 0 Å². The van der Waals surface area contributed by atoms with Gasteiger partial charge in [0.05, 0.1) is 32.6 Å². The molecule has 0 spiro atoms. The molecule has 5 heterocycles. The Bertz CT molecular complexity index is 1980. The molecule has 0 amide bonds. The van der Waals surface area contributed by atoms with Gasteiger partial charge < -0.3 is 5.73 Å². The highest BCUT2D eigenvalue weighted by molar-refractivity contribution is 7.15. The number of anilines is 1. The average molecular weight is 555 g/mol. The molecule has 0 aliphatic carbocycles. The topological polar surface area (TPSA) is 117 Å². The number of nitrogens with two attached hydrogens (primary N) is 1. The minimum absolute atomic E-state index is 0.133. The Hall–Kier alpha value is -4.51. The van der Waals surface area contributed by atoms with Crippen LogP contribution in [-0.4, -0.2) is 34.1 Å². The fourth-order valence-corrected chi connectivity index (χ4v) is 5.73. The monoisotopic (exact) mass is 554 g/mol. The minimum atomic E-state index is -0.571. The van der Waals surface area contributed by atoms with Crippen LogP contribution in [0.15, 0.2) is 59.9 Å². The SMILES string of the molecule is Cc1ccc2nc([C@H](C)n3nc(-c4cnc(C(C)(C)C)s4)c4c(N)ncnc43)c(-c3cccc(F)c3)c(=O)n2c1. The smallest absolute Gasteiger partial charge is 0.266 e. The third kappa shape index (κ3) is 4.22. The number of fused-ring (bicyclic) bond motifs is 2. The Morgan fingerprint density at radius 3 is 2.62 bits per heavy atom. The number of thiazole rings is 1. The summed E-state index contributed by atoms with van der Waals surface area (Å²) < 4.78 is 17.6. The van der Waals surface area contributed by atoms with Crippen LogP contribution in [0.4, 0.5) is 10.2 Å². The van der Waals surface area contributed by atoms with E-state index in [4.69, 9.17) is 15.8 Å². The van der Waals surface area contributed by atoms with E-state index in [1.54, 1.807) is 35.3 Å². The molecular weight excluding hydrogens is 527 g/mol. The standard InChI is InChI=1S/C29H27FN8OS/c1-15-9-10-20-35-23(21(27(39)37(20)13-15)17-7-6-8-18(30)11-17)16(2)38-26-22(25(31)33-14-34-26)24(36-38)19-12-32-28(40-19)29(3,4)5/h6-14,16H,1-5H3,(H2,31,33,34)/t16-/m0/s1. The molecule has 202 valence electrons. The van der Waals surface area contributed by atoms with E-state index in [-0.39, 0.29) is 22.4 Å². The van der Waals surface area contributed by atoms with Crippen LogP contribution in [0.5, 0.6) is 0 Å². The van der Waals surface area contributed by atoms with E-state index < -0.39 is 11.9 Å². The lowest BCUT2D eigenvalue weighted by Gasteiger charge is -2.18. The van der Waals surface area contributed by atoms with Crippen molar-refractivity contribution in [1.82, 2.24) is 34.1 Å². The van der Waals surface area contributed by atoms with Crippen molar-refractivity contribution in [3.05, 3.63) is 87.6 Å². The summed E-state index contributed by atoms with van der Waals surface area (Å²) in [7, 11) is 0. The van der Waals surface area contributed by atoms with Gasteiger partial charge in [-0.3, -0.25) is 9.20 Å². The molecular formula is C29H27FN8OS. The molecule has 1 atom stereocenters. The summed E-state index contributed by atoms with van der Waals surface area (Å²) in [6.07, 6.45) is 4.90. The molecule has 0 saturated heterocycles. The molecule has 0 bridgehead atoms. The first kappa shape index (κ1) is 25.8. The van der Waals surface area contributed by atoms with Gasteiger partial charge in [-0.2, -0.15) is 5.10 Å². The molecule has 2 N–H and O–H groups in total. The third-order valence-corrected chi connectivity index (χ3v) is 8.20. The van der Waals surface area contributed by atoms with Crippen molar-refractivity contribution in [3.8, 4) is 21.7 Å². The molecule has 0 aliphatic heterocycles. The molecule has 1 aromatic carbocycles. The fourth-order valence-electron chi connectivity index (χ4n) is 4.76. The highest BCUT2D eigenvalue weighted by Crippen LogP contribution is 2.38. The Morgan fingerprint density at radius 1 is 1.10 bits per heavy atom. The number of pyridine rings is 1. The number of hydrogen-bond acceptors (Lipinski definition) is 8. The van der Waals surface area contributed by atoms with Gasteiger partial charge >= 0.3 is 0 Å². The summed E-state index contributed by atoms with van der Waals surface area (Å²) in [4.78, 5) is 33.0. The average Bonchev–Trinajstić information content (AvgIpc) is 3.55. The van der Waals surface area contributed by atoms with Crippen LogP contribution in [0.2, 0.25) is 0 Å². The number of halogens is 1. The molecule has 5 aromatic heterocycles. The van der Waals surface area contributed by atoms with Gasteiger partial charge in [-0.15, -0.1) is 11.3 Å². The van der Waals surface area contributed by atoms with Gasteiger partial charge in [0.25, 0.3) is 5.56 Å². The van der Waals surface area contributed by atoms with Gasteiger partial charge in [-0.1, -0.05) is 39.0 Å². The Labute approximate surface area is 233 Å². The van der Waals surface area contributed by atoms with Crippen LogP contribution in [0.3, 0.4) is 0 Å². The second-order valence-electron chi connectivity index (χ2n) is 10.8. The van der Waals surface area contributed by atoms with Crippen LogP contribution >= 0.6 is 11.3 Å². The summed E-state index contributed by atoms with van der Waals surface area (Å²) in [5.74, 6) is -0.159. The number of hydrogen-bond donors (Lipinski definition) is 1. The van der Waals surface area contributed by atoms with E-state index >= 15 is 0 Å². The molecule has 0 radical (unpaired) electrons. The normalized spacial score (nSPS) is 12.8. The molecule has 0 unspecified atom stereocenters. The first-order chi connectivity index (χ1) is 19.0. The van der Waals surface area contributed by atoms with Crippen LogP contribution in [0.25, 0.3) is 38.4 Å². The van der Waals surface area contributed by atoms with Gasteiger partial charge in [0.2, 0.25) is 0 Å². The van der Waals surface area contributed by atoms with Crippen molar-refractivity contribution in [2.45, 2.75) is 46.1 Å². The lowest BCUT2D eigenvalue weighted by molar-refractivity contribution is 0.567. The molecule has 0 fully saturated rings. The van der Waals surface area contributed by atoms with E-state index in [2.05, 4.69) is 35.7 Å². The molecule has 9 nitrogen and oxygen atoms in total. The largest absolute Gasteiger partial charge is 0.383 e. The number of nitrogens with zero attached hydrogens (tertiary/aromatic N) is 7. The van der Waals surface area contributed by atoms with Crippen LogP contribution in [-0.2, 0) is 5.41 Å². The van der Waals surface area contributed by atoms with E-state index in [0.717, 1.165) is 15.4 Å². The van der Waals surface area contributed by atoms with Gasteiger partial charge in [-0.25, -0.2) is 29.0 Å². The molecule has 6 aromatic rings. The van der Waals surface area contributed by atoms with Crippen molar-refractivity contribution >= 4 is 33.8 Å². The first-order valence-corrected chi connectivity index (χ1v) is 13.6. The van der Waals surface area contributed by atoms with Crippen LogP contribution < -0.4 is 11.3 Å². The van der Waals surface area contributed by atoms with Crippen LogP contribution in [0, 0.1) is 12.7 Å². The van der Waals surface area contributed by atoms with E-state index in [1.165, 1.54) is 34.2 Å². The maximum atomic E-state index is 14.4. The van der Waals surface area contributed by atoms with Crippen molar-refractivity contribution in [2.24, 2.45) is 0 Å². The summed E-state index contributed by atoms with van der Waals surface area (Å²) in [5.41, 5.74) is 9.55.